The molecule has 0 aromatic carbocycles. The number of aromatic nitrogens is 3. The van der Waals surface area contributed by atoms with Gasteiger partial charge in [0, 0.05) is 35.7 Å². The Labute approximate surface area is 127 Å². The lowest BCUT2D eigenvalue weighted by molar-refractivity contribution is 0.584. The van der Waals surface area contributed by atoms with Crippen LogP contribution in [-0.2, 0) is 19.4 Å². The fraction of sp³-hybridized carbons (Fsp3) is 0.529. The minimum Gasteiger partial charge on any atom is -0.310 e. The third-order valence-corrected chi connectivity index (χ3v) is 3.59. The average Bonchev–Trinajstić information content (AvgIpc) is 2.89. The summed E-state index contributed by atoms with van der Waals surface area (Å²) in [6, 6.07) is 4.78. The molecule has 1 N–H and O–H groups in total. The third-order valence-electron chi connectivity index (χ3n) is 3.59. The quantitative estimate of drug-likeness (QED) is 0.886. The van der Waals surface area contributed by atoms with E-state index >= 15 is 0 Å². The van der Waals surface area contributed by atoms with Gasteiger partial charge >= 0.3 is 0 Å². The number of nitrogens with zero attached hydrogens (tertiary/aromatic N) is 3. The highest BCUT2D eigenvalue weighted by molar-refractivity contribution is 5.42. The van der Waals surface area contributed by atoms with Crippen molar-refractivity contribution in [2.45, 2.75) is 60.0 Å². The fourth-order valence-electron chi connectivity index (χ4n) is 2.33. The minimum atomic E-state index is 0.452. The van der Waals surface area contributed by atoms with Crippen molar-refractivity contribution < 1.29 is 0 Å². The second-order valence-electron chi connectivity index (χ2n) is 5.74. The van der Waals surface area contributed by atoms with Crippen LogP contribution in [0.15, 0.2) is 18.3 Å². The number of aryl methyl sites for hydroxylation is 3. The maximum atomic E-state index is 4.76. The van der Waals surface area contributed by atoms with Crippen molar-refractivity contribution in [2.75, 3.05) is 0 Å². The molecule has 0 aliphatic carbocycles. The number of hydrogen-bond donors (Lipinski definition) is 1. The van der Waals surface area contributed by atoms with Gasteiger partial charge in [-0.3, -0.25) is 4.98 Å². The molecule has 0 radical (unpaired) electrons. The van der Waals surface area contributed by atoms with Crippen LogP contribution in [0.1, 0.15) is 50.3 Å². The summed E-state index contributed by atoms with van der Waals surface area (Å²) in [4.78, 5) is 4.44. The van der Waals surface area contributed by atoms with Crippen LogP contribution in [0.4, 0.5) is 0 Å². The summed E-state index contributed by atoms with van der Waals surface area (Å²) in [7, 11) is 0. The Morgan fingerprint density at radius 2 is 1.95 bits per heavy atom. The van der Waals surface area contributed by atoms with E-state index in [1.807, 2.05) is 13.1 Å². The van der Waals surface area contributed by atoms with Gasteiger partial charge in [0.15, 0.2) is 0 Å². The van der Waals surface area contributed by atoms with Crippen LogP contribution in [0.25, 0.3) is 5.69 Å². The zero-order chi connectivity index (χ0) is 15.4. The highest BCUT2D eigenvalue weighted by Crippen LogP contribution is 2.19. The minimum absolute atomic E-state index is 0.452. The molecular weight excluding hydrogens is 260 g/mol. The van der Waals surface area contributed by atoms with Gasteiger partial charge < -0.3 is 5.32 Å². The number of nitrogens with one attached hydrogen (secondary N) is 1. The normalized spacial score (nSPS) is 11.3. The molecule has 0 aliphatic rings. The Hall–Kier alpha value is -1.68. The van der Waals surface area contributed by atoms with Crippen LogP contribution in [0.2, 0.25) is 0 Å². The second-order valence-corrected chi connectivity index (χ2v) is 5.74. The summed E-state index contributed by atoms with van der Waals surface area (Å²) in [5.41, 5.74) is 5.75. The molecule has 0 fully saturated rings. The highest BCUT2D eigenvalue weighted by atomic mass is 15.3. The van der Waals surface area contributed by atoms with Crippen molar-refractivity contribution in [1.82, 2.24) is 20.1 Å². The molecule has 0 saturated heterocycles. The molecule has 2 aromatic rings. The lowest BCUT2D eigenvalue weighted by atomic mass is 10.2. The van der Waals surface area contributed by atoms with E-state index in [1.165, 1.54) is 11.3 Å². The number of pyridine rings is 1. The van der Waals surface area contributed by atoms with Crippen molar-refractivity contribution in [2.24, 2.45) is 0 Å². The molecule has 0 amide bonds. The topological polar surface area (TPSA) is 42.7 Å². The predicted octanol–water partition coefficient (Wildman–Crippen LogP) is 3.20. The number of hydrogen-bond acceptors (Lipinski definition) is 3. The van der Waals surface area contributed by atoms with Crippen LogP contribution in [0.3, 0.4) is 0 Å². The molecule has 0 saturated carbocycles. The Balaban J connectivity index is 2.46. The summed E-state index contributed by atoms with van der Waals surface area (Å²) in [6.45, 7) is 11.5. The smallest absolute Gasteiger partial charge is 0.0727 e. The molecule has 0 spiro atoms. The molecule has 4 nitrogen and oxygen atoms in total. The predicted molar refractivity (Wildman–Crippen MR) is 86.8 cm³/mol. The number of rotatable bonds is 6. The standard InChI is InChI=1S/C17H26N4/c1-6-15-9-16(7-2)21(20-15)17-8-13(5)19-11-14(17)10-18-12(3)4/h8-9,11-12,18H,6-7,10H2,1-5H3. The van der Waals surface area contributed by atoms with E-state index in [0.717, 1.165) is 36.5 Å². The molecule has 0 aliphatic heterocycles. The first kappa shape index (κ1) is 15.7. The van der Waals surface area contributed by atoms with Crippen LogP contribution in [0.5, 0.6) is 0 Å². The van der Waals surface area contributed by atoms with Crippen molar-refractivity contribution >= 4 is 0 Å². The van der Waals surface area contributed by atoms with Gasteiger partial charge in [-0.15, -0.1) is 0 Å². The van der Waals surface area contributed by atoms with E-state index in [9.17, 15) is 0 Å². The van der Waals surface area contributed by atoms with E-state index in [-0.39, 0.29) is 0 Å². The average molecular weight is 286 g/mol. The molecule has 0 bridgehead atoms. The van der Waals surface area contributed by atoms with Gasteiger partial charge in [-0.05, 0) is 31.9 Å². The third kappa shape index (κ3) is 3.70. The van der Waals surface area contributed by atoms with Crippen molar-refractivity contribution in [3.05, 3.63) is 41.0 Å². The van der Waals surface area contributed by atoms with E-state index in [4.69, 9.17) is 5.10 Å². The summed E-state index contributed by atoms with van der Waals surface area (Å²) in [5, 5.41) is 8.23. The monoisotopic (exact) mass is 286 g/mol. The SMILES string of the molecule is CCc1cc(CC)n(-c2cc(C)ncc2CNC(C)C)n1. The first-order valence-electron chi connectivity index (χ1n) is 7.82. The van der Waals surface area contributed by atoms with Crippen LogP contribution < -0.4 is 5.32 Å². The molecule has 2 heterocycles. The molecule has 0 unspecified atom stereocenters. The maximum absolute atomic E-state index is 4.76. The van der Waals surface area contributed by atoms with Gasteiger partial charge in [0.25, 0.3) is 0 Å². The summed E-state index contributed by atoms with van der Waals surface area (Å²) in [5.74, 6) is 0. The Morgan fingerprint density at radius 1 is 1.19 bits per heavy atom. The fourth-order valence-corrected chi connectivity index (χ4v) is 2.33. The lowest BCUT2D eigenvalue weighted by Gasteiger charge is -2.14. The summed E-state index contributed by atoms with van der Waals surface area (Å²) in [6.07, 6.45) is 3.90. The van der Waals surface area contributed by atoms with E-state index in [1.54, 1.807) is 0 Å². The van der Waals surface area contributed by atoms with Gasteiger partial charge in [-0.2, -0.15) is 5.10 Å². The van der Waals surface area contributed by atoms with Gasteiger partial charge in [-0.1, -0.05) is 27.7 Å². The molecule has 0 atom stereocenters. The van der Waals surface area contributed by atoms with Crippen LogP contribution >= 0.6 is 0 Å². The second kappa shape index (κ2) is 6.85. The van der Waals surface area contributed by atoms with Gasteiger partial charge in [0.05, 0.1) is 11.4 Å². The van der Waals surface area contributed by atoms with Crippen molar-refractivity contribution in [1.29, 1.82) is 0 Å². The maximum Gasteiger partial charge on any atom is 0.0727 e. The first-order chi connectivity index (χ1) is 10.0. The Bertz CT molecular complexity index is 599. The molecule has 2 aromatic heterocycles. The van der Waals surface area contributed by atoms with Gasteiger partial charge in [0.1, 0.15) is 0 Å². The van der Waals surface area contributed by atoms with Crippen molar-refractivity contribution in [3.63, 3.8) is 0 Å². The largest absolute Gasteiger partial charge is 0.310 e. The van der Waals surface area contributed by atoms with Gasteiger partial charge in [-0.25, -0.2) is 4.68 Å². The van der Waals surface area contributed by atoms with Gasteiger partial charge in [0.2, 0.25) is 0 Å². The van der Waals surface area contributed by atoms with Crippen LogP contribution in [0, 0.1) is 6.92 Å². The Morgan fingerprint density at radius 3 is 2.57 bits per heavy atom. The lowest BCUT2D eigenvalue weighted by Crippen LogP contribution is -2.23. The zero-order valence-corrected chi connectivity index (χ0v) is 13.8. The van der Waals surface area contributed by atoms with Crippen LogP contribution in [-0.4, -0.2) is 20.8 Å². The first-order valence-corrected chi connectivity index (χ1v) is 7.82. The molecule has 4 heteroatoms. The summed E-state index contributed by atoms with van der Waals surface area (Å²) >= 11 is 0. The van der Waals surface area contributed by atoms with E-state index in [2.05, 4.69) is 54.8 Å². The molecule has 21 heavy (non-hydrogen) atoms. The summed E-state index contributed by atoms with van der Waals surface area (Å²) < 4.78 is 2.09. The Kier molecular flexibility index (Phi) is 5.12. The molecule has 114 valence electrons. The molecule has 2 rings (SSSR count). The van der Waals surface area contributed by atoms with E-state index < -0.39 is 0 Å². The zero-order valence-electron chi connectivity index (χ0n) is 13.8. The highest BCUT2D eigenvalue weighted by Gasteiger charge is 2.12. The molecular formula is C17H26N4. The van der Waals surface area contributed by atoms with E-state index in [0.29, 0.717) is 6.04 Å². The van der Waals surface area contributed by atoms with Crippen molar-refractivity contribution in [3.8, 4) is 5.69 Å².